The SMILES string of the molecule is CCO[Si](OC)(C(O)c1ccccc1)C(O)c1ccccc1. The molecule has 2 aromatic rings. The van der Waals surface area contributed by atoms with E-state index >= 15 is 0 Å². The van der Waals surface area contributed by atoms with Gasteiger partial charge in [0.25, 0.3) is 0 Å². The number of hydrogen-bond donors (Lipinski definition) is 2. The van der Waals surface area contributed by atoms with E-state index in [-0.39, 0.29) is 0 Å². The summed E-state index contributed by atoms with van der Waals surface area (Å²) in [5, 5.41) is 21.7. The minimum Gasteiger partial charge on any atom is -0.394 e. The Morgan fingerprint density at radius 3 is 1.59 bits per heavy atom. The van der Waals surface area contributed by atoms with Crippen molar-refractivity contribution in [1.29, 1.82) is 0 Å². The predicted octanol–water partition coefficient (Wildman–Crippen LogP) is 2.66. The minimum atomic E-state index is -3.35. The van der Waals surface area contributed by atoms with Crippen LogP contribution in [0.15, 0.2) is 60.7 Å². The Morgan fingerprint density at radius 1 is 0.864 bits per heavy atom. The molecule has 2 atom stereocenters. The molecule has 0 radical (unpaired) electrons. The fraction of sp³-hybridized carbons (Fsp3) is 0.294. The number of rotatable bonds is 7. The maximum atomic E-state index is 10.8. The molecule has 0 aliphatic heterocycles. The van der Waals surface area contributed by atoms with Gasteiger partial charge in [-0.15, -0.1) is 0 Å². The van der Waals surface area contributed by atoms with Gasteiger partial charge >= 0.3 is 8.56 Å². The summed E-state index contributed by atoms with van der Waals surface area (Å²) in [6.45, 7) is 2.18. The van der Waals surface area contributed by atoms with Crippen molar-refractivity contribution < 1.29 is 19.1 Å². The first-order chi connectivity index (χ1) is 10.7. The van der Waals surface area contributed by atoms with Crippen molar-refractivity contribution >= 4 is 8.56 Å². The van der Waals surface area contributed by atoms with E-state index in [9.17, 15) is 10.2 Å². The van der Waals surface area contributed by atoms with Gasteiger partial charge in [0.15, 0.2) is 0 Å². The van der Waals surface area contributed by atoms with Gasteiger partial charge in [-0.2, -0.15) is 0 Å². The third kappa shape index (κ3) is 3.29. The first-order valence-corrected chi connectivity index (χ1v) is 9.28. The first-order valence-electron chi connectivity index (χ1n) is 7.30. The van der Waals surface area contributed by atoms with Crippen LogP contribution in [-0.2, 0) is 8.85 Å². The van der Waals surface area contributed by atoms with E-state index in [0.29, 0.717) is 17.7 Å². The summed E-state index contributed by atoms with van der Waals surface area (Å²) < 4.78 is 11.5. The van der Waals surface area contributed by atoms with Crippen LogP contribution in [0.2, 0.25) is 0 Å². The second kappa shape index (κ2) is 7.67. The van der Waals surface area contributed by atoms with Crippen LogP contribution in [-0.4, -0.2) is 32.5 Å². The number of aliphatic hydroxyl groups is 2. The van der Waals surface area contributed by atoms with E-state index in [2.05, 4.69) is 0 Å². The van der Waals surface area contributed by atoms with Gasteiger partial charge in [-0.1, -0.05) is 60.7 Å². The molecule has 0 saturated heterocycles. The third-order valence-corrected chi connectivity index (χ3v) is 7.25. The third-order valence-electron chi connectivity index (χ3n) is 3.68. The fourth-order valence-electron chi connectivity index (χ4n) is 2.55. The quantitative estimate of drug-likeness (QED) is 0.771. The van der Waals surface area contributed by atoms with E-state index in [0.717, 1.165) is 0 Å². The average molecular weight is 318 g/mol. The Hall–Kier alpha value is -1.50. The van der Waals surface area contributed by atoms with Crippen LogP contribution in [0.3, 0.4) is 0 Å². The molecular formula is C17H22O4Si. The maximum Gasteiger partial charge on any atom is 0.406 e. The van der Waals surface area contributed by atoms with Crippen LogP contribution in [0, 0.1) is 0 Å². The van der Waals surface area contributed by atoms with E-state index < -0.39 is 20.0 Å². The van der Waals surface area contributed by atoms with Crippen molar-refractivity contribution in [2.45, 2.75) is 18.4 Å². The highest BCUT2D eigenvalue weighted by molar-refractivity contribution is 6.69. The summed E-state index contributed by atoms with van der Waals surface area (Å²) in [4.78, 5) is 0. The average Bonchev–Trinajstić information content (AvgIpc) is 2.60. The lowest BCUT2D eigenvalue weighted by molar-refractivity contribution is 0.0733. The molecule has 5 heteroatoms. The Labute approximate surface area is 132 Å². The summed E-state index contributed by atoms with van der Waals surface area (Å²) >= 11 is 0. The highest BCUT2D eigenvalue weighted by atomic mass is 28.4. The summed E-state index contributed by atoms with van der Waals surface area (Å²) in [6, 6.07) is 18.3. The van der Waals surface area contributed by atoms with Crippen LogP contribution in [0.1, 0.15) is 29.5 Å². The summed E-state index contributed by atoms with van der Waals surface area (Å²) in [5.41, 5.74) is -0.624. The lowest BCUT2D eigenvalue weighted by atomic mass is 10.2. The molecule has 0 aliphatic carbocycles. The molecule has 0 bridgehead atoms. The van der Waals surface area contributed by atoms with Crippen molar-refractivity contribution in [1.82, 2.24) is 0 Å². The Balaban J connectivity index is 2.43. The highest BCUT2D eigenvalue weighted by Crippen LogP contribution is 2.36. The predicted molar refractivity (Wildman–Crippen MR) is 87.2 cm³/mol. The van der Waals surface area contributed by atoms with Gasteiger partial charge in [0, 0.05) is 13.7 Å². The molecule has 0 fully saturated rings. The lowest BCUT2D eigenvalue weighted by Crippen LogP contribution is -2.53. The molecule has 0 aromatic heterocycles. The molecule has 2 aromatic carbocycles. The lowest BCUT2D eigenvalue weighted by Gasteiger charge is -2.36. The van der Waals surface area contributed by atoms with Gasteiger partial charge in [0.2, 0.25) is 0 Å². The normalized spacial score (nSPS) is 16.7. The van der Waals surface area contributed by atoms with Crippen molar-refractivity contribution in [2.24, 2.45) is 0 Å². The topological polar surface area (TPSA) is 58.9 Å². The summed E-state index contributed by atoms with van der Waals surface area (Å²) in [6.07, 6.45) is 0. The van der Waals surface area contributed by atoms with Crippen LogP contribution >= 0.6 is 0 Å². The molecule has 2 rings (SSSR count). The van der Waals surface area contributed by atoms with E-state index in [4.69, 9.17) is 8.85 Å². The van der Waals surface area contributed by atoms with Crippen LogP contribution in [0.5, 0.6) is 0 Å². The Kier molecular flexibility index (Phi) is 5.88. The van der Waals surface area contributed by atoms with Gasteiger partial charge in [0.1, 0.15) is 11.5 Å². The van der Waals surface area contributed by atoms with Gasteiger partial charge in [0.05, 0.1) is 0 Å². The van der Waals surface area contributed by atoms with E-state index in [1.807, 2.05) is 67.6 Å². The molecule has 4 nitrogen and oxygen atoms in total. The van der Waals surface area contributed by atoms with Crippen LogP contribution in [0.25, 0.3) is 0 Å². The molecule has 0 amide bonds. The van der Waals surface area contributed by atoms with Gasteiger partial charge in [-0.25, -0.2) is 0 Å². The summed E-state index contributed by atoms with van der Waals surface area (Å²) in [5.74, 6) is 0. The molecule has 0 saturated carbocycles. The van der Waals surface area contributed by atoms with Crippen molar-refractivity contribution in [3.8, 4) is 0 Å². The molecule has 0 spiro atoms. The number of benzene rings is 2. The highest BCUT2D eigenvalue weighted by Gasteiger charge is 2.53. The van der Waals surface area contributed by atoms with E-state index in [1.165, 1.54) is 7.11 Å². The van der Waals surface area contributed by atoms with Crippen LogP contribution < -0.4 is 0 Å². The maximum absolute atomic E-state index is 10.8. The second-order valence-electron chi connectivity index (χ2n) is 4.98. The Morgan fingerprint density at radius 2 is 1.27 bits per heavy atom. The van der Waals surface area contributed by atoms with Crippen molar-refractivity contribution in [3.05, 3.63) is 71.8 Å². The smallest absolute Gasteiger partial charge is 0.394 e. The van der Waals surface area contributed by atoms with Crippen LogP contribution in [0.4, 0.5) is 0 Å². The molecule has 118 valence electrons. The molecule has 2 unspecified atom stereocenters. The first kappa shape index (κ1) is 16.9. The number of hydrogen-bond acceptors (Lipinski definition) is 4. The zero-order valence-corrected chi connectivity index (χ0v) is 13.8. The molecule has 22 heavy (non-hydrogen) atoms. The standard InChI is InChI=1S/C17H22O4Si/c1-3-21-22(20-2,16(18)14-10-6-4-7-11-14)17(19)15-12-8-5-9-13-15/h4-13,16-19H,3H2,1-2H3. The van der Waals surface area contributed by atoms with Gasteiger partial charge < -0.3 is 19.1 Å². The van der Waals surface area contributed by atoms with Gasteiger partial charge in [-0.3, -0.25) is 0 Å². The largest absolute Gasteiger partial charge is 0.406 e. The molecule has 2 N–H and O–H groups in total. The van der Waals surface area contributed by atoms with Crippen molar-refractivity contribution in [3.63, 3.8) is 0 Å². The minimum absolute atomic E-state index is 0.355. The molecular weight excluding hydrogens is 296 g/mol. The zero-order valence-electron chi connectivity index (χ0n) is 12.8. The Bertz CT molecular complexity index is 516. The van der Waals surface area contributed by atoms with E-state index in [1.54, 1.807) is 0 Å². The molecule has 0 heterocycles. The molecule has 0 aliphatic rings. The van der Waals surface area contributed by atoms with Gasteiger partial charge in [-0.05, 0) is 18.1 Å². The summed E-state index contributed by atoms with van der Waals surface area (Å²) in [7, 11) is -1.86. The second-order valence-corrected chi connectivity index (χ2v) is 8.22. The monoisotopic (exact) mass is 318 g/mol. The van der Waals surface area contributed by atoms with Crippen molar-refractivity contribution in [2.75, 3.05) is 13.7 Å². The fourth-order valence-corrected chi connectivity index (χ4v) is 5.49. The number of aliphatic hydroxyl groups excluding tert-OH is 2. The zero-order chi connectivity index (χ0) is 16.0.